The number of nitrogens with zero attached hydrogens (tertiary/aromatic N) is 2. The second-order valence-electron chi connectivity index (χ2n) is 8.69. The molecule has 0 N–H and O–H groups in total. The lowest BCUT2D eigenvalue weighted by Crippen LogP contribution is -2.45. The number of rotatable bonds is 9. The van der Waals surface area contributed by atoms with Crippen molar-refractivity contribution in [3.8, 4) is 5.75 Å². The molecule has 1 saturated heterocycles. The zero-order valence-electron chi connectivity index (χ0n) is 19.4. The van der Waals surface area contributed by atoms with Crippen molar-refractivity contribution in [2.75, 3.05) is 24.7 Å². The molecule has 1 aromatic carbocycles. The summed E-state index contributed by atoms with van der Waals surface area (Å²) in [6.07, 6.45) is 0.402. The number of esters is 1. The van der Waals surface area contributed by atoms with Gasteiger partial charge in [0.15, 0.2) is 16.4 Å². The first-order valence-electron chi connectivity index (χ1n) is 10.9. The molecule has 1 aromatic heterocycles. The molecule has 1 unspecified atom stereocenters. The van der Waals surface area contributed by atoms with Crippen LogP contribution in [0.4, 0.5) is 0 Å². The third-order valence-electron chi connectivity index (χ3n) is 5.49. The molecule has 0 radical (unpaired) electrons. The van der Waals surface area contributed by atoms with Crippen LogP contribution in [0, 0.1) is 19.8 Å². The highest BCUT2D eigenvalue weighted by molar-refractivity contribution is 7.91. The molecule has 1 fully saturated rings. The molecule has 0 bridgehead atoms. The van der Waals surface area contributed by atoms with Crippen LogP contribution in [0.25, 0.3) is 0 Å². The van der Waals surface area contributed by atoms with Crippen molar-refractivity contribution in [3.63, 3.8) is 0 Å². The van der Waals surface area contributed by atoms with Gasteiger partial charge in [0.1, 0.15) is 18.1 Å². The van der Waals surface area contributed by atoms with Gasteiger partial charge in [0.2, 0.25) is 0 Å². The Hall–Kier alpha value is -2.88. The van der Waals surface area contributed by atoms with Crippen LogP contribution in [0.15, 0.2) is 28.8 Å². The van der Waals surface area contributed by atoms with E-state index in [0.717, 1.165) is 11.3 Å². The Morgan fingerprint density at radius 2 is 2.03 bits per heavy atom. The Morgan fingerprint density at radius 1 is 1.27 bits per heavy atom. The molecule has 2 aromatic rings. The van der Waals surface area contributed by atoms with Crippen LogP contribution in [0.3, 0.4) is 0 Å². The van der Waals surface area contributed by atoms with E-state index in [4.69, 9.17) is 14.0 Å². The number of sulfone groups is 1. The van der Waals surface area contributed by atoms with Gasteiger partial charge in [-0.15, -0.1) is 0 Å². The van der Waals surface area contributed by atoms with Gasteiger partial charge in [-0.2, -0.15) is 0 Å². The van der Waals surface area contributed by atoms with E-state index in [1.165, 1.54) is 4.90 Å². The number of benzene rings is 1. The van der Waals surface area contributed by atoms with Gasteiger partial charge in [-0.1, -0.05) is 25.1 Å². The predicted molar refractivity (Wildman–Crippen MR) is 121 cm³/mol. The van der Waals surface area contributed by atoms with Crippen LogP contribution in [-0.4, -0.2) is 61.1 Å². The Bertz CT molecular complexity index is 1090. The third-order valence-corrected chi connectivity index (χ3v) is 7.24. The highest BCUT2D eigenvalue weighted by Crippen LogP contribution is 2.21. The van der Waals surface area contributed by atoms with Gasteiger partial charge < -0.3 is 18.9 Å². The molecule has 1 aliphatic heterocycles. The van der Waals surface area contributed by atoms with Crippen molar-refractivity contribution in [1.29, 1.82) is 0 Å². The Balaban J connectivity index is 1.60. The number of hydrogen-bond acceptors (Lipinski definition) is 8. The van der Waals surface area contributed by atoms with Crippen molar-refractivity contribution in [1.82, 2.24) is 10.1 Å². The molecule has 0 aliphatic carbocycles. The molecule has 10 heteroatoms. The van der Waals surface area contributed by atoms with E-state index in [9.17, 15) is 18.0 Å². The summed E-state index contributed by atoms with van der Waals surface area (Å²) >= 11 is 0. The molecule has 3 rings (SSSR count). The molecular formula is C23H30N2O7S. The minimum absolute atomic E-state index is 0.0517. The average molecular weight is 479 g/mol. The van der Waals surface area contributed by atoms with Crippen LogP contribution < -0.4 is 4.74 Å². The van der Waals surface area contributed by atoms with Gasteiger partial charge in [-0.3, -0.25) is 4.79 Å². The van der Waals surface area contributed by atoms with Crippen molar-refractivity contribution in [3.05, 3.63) is 46.8 Å². The number of aryl methyl sites for hydroxylation is 2. The summed E-state index contributed by atoms with van der Waals surface area (Å²) in [5, 5.41) is 3.89. The first kappa shape index (κ1) is 24.8. The van der Waals surface area contributed by atoms with Crippen molar-refractivity contribution < 1.29 is 32.0 Å². The fraction of sp³-hybridized carbons (Fsp3) is 0.522. The molecule has 0 spiro atoms. The fourth-order valence-corrected chi connectivity index (χ4v) is 5.47. The monoisotopic (exact) mass is 478 g/mol. The minimum atomic E-state index is -3.14. The average Bonchev–Trinajstić information content (AvgIpc) is 3.29. The topological polar surface area (TPSA) is 116 Å². The molecule has 0 saturated carbocycles. The van der Waals surface area contributed by atoms with E-state index < -0.39 is 28.3 Å². The lowest BCUT2D eigenvalue weighted by Gasteiger charge is -2.29. The maximum atomic E-state index is 12.8. The van der Waals surface area contributed by atoms with Crippen molar-refractivity contribution in [2.24, 2.45) is 5.92 Å². The van der Waals surface area contributed by atoms with Crippen LogP contribution in [0.1, 0.15) is 47.6 Å². The lowest BCUT2D eigenvalue weighted by atomic mass is 10.1. The molecule has 1 aliphatic rings. The summed E-state index contributed by atoms with van der Waals surface area (Å²) in [4.78, 5) is 26.9. The number of carbonyl (C=O) groups is 2. The summed E-state index contributed by atoms with van der Waals surface area (Å²) in [5.74, 6) is 0.249. The first-order chi connectivity index (χ1) is 15.6. The van der Waals surface area contributed by atoms with Gasteiger partial charge in [0.05, 0.1) is 28.3 Å². The Labute approximate surface area is 193 Å². The van der Waals surface area contributed by atoms with E-state index in [1.54, 1.807) is 31.2 Å². The minimum Gasteiger partial charge on any atom is -0.489 e. The second kappa shape index (κ2) is 10.4. The molecule has 1 amide bonds. The highest BCUT2D eigenvalue weighted by Gasteiger charge is 2.35. The number of carbonyl (C=O) groups excluding carboxylic acids is 2. The summed E-state index contributed by atoms with van der Waals surface area (Å²) in [7, 11) is -3.14. The standard InChI is InChI=1S/C23H30N2O7S/c1-15(2)11-25(19-8-9-33(28,29)14-19)22(26)13-31-23(27)18-6-5-7-20(10-18)30-12-21-16(3)24-32-17(21)4/h5-7,10,15,19H,8-9,11-14H2,1-4H3. The number of amides is 1. The maximum Gasteiger partial charge on any atom is 0.338 e. The molecule has 33 heavy (non-hydrogen) atoms. The van der Waals surface area contributed by atoms with Crippen LogP contribution in [0.5, 0.6) is 5.75 Å². The predicted octanol–water partition coefficient (Wildman–Crippen LogP) is 2.70. The third kappa shape index (κ3) is 6.56. The molecule has 9 nitrogen and oxygen atoms in total. The lowest BCUT2D eigenvalue weighted by molar-refractivity contribution is -0.137. The SMILES string of the molecule is Cc1noc(C)c1COc1cccc(C(=O)OCC(=O)N(CC(C)C)C2CCS(=O)(=O)C2)c1. The van der Waals surface area contributed by atoms with E-state index in [-0.39, 0.29) is 35.6 Å². The van der Waals surface area contributed by atoms with E-state index in [0.29, 0.717) is 24.5 Å². The molecule has 180 valence electrons. The van der Waals surface area contributed by atoms with Crippen LogP contribution in [0.2, 0.25) is 0 Å². The molecular weight excluding hydrogens is 448 g/mol. The van der Waals surface area contributed by atoms with Gasteiger partial charge in [-0.25, -0.2) is 13.2 Å². The number of hydrogen-bond donors (Lipinski definition) is 0. The zero-order chi connectivity index (χ0) is 24.2. The zero-order valence-corrected chi connectivity index (χ0v) is 20.2. The van der Waals surface area contributed by atoms with Crippen LogP contribution in [-0.2, 0) is 26.0 Å². The smallest absolute Gasteiger partial charge is 0.338 e. The summed E-state index contributed by atoms with van der Waals surface area (Å²) in [6, 6.07) is 6.11. The van der Waals surface area contributed by atoms with E-state index in [2.05, 4.69) is 5.16 Å². The van der Waals surface area contributed by atoms with Crippen molar-refractivity contribution >= 4 is 21.7 Å². The van der Waals surface area contributed by atoms with E-state index >= 15 is 0 Å². The molecule has 1 atom stereocenters. The number of aromatic nitrogens is 1. The number of ether oxygens (including phenoxy) is 2. The van der Waals surface area contributed by atoms with E-state index in [1.807, 2.05) is 20.8 Å². The highest BCUT2D eigenvalue weighted by atomic mass is 32.2. The first-order valence-corrected chi connectivity index (χ1v) is 12.7. The Kier molecular flexibility index (Phi) is 7.78. The van der Waals surface area contributed by atoms with Crippen molar-refractivity contribution in [2.45, 2.75) is 46.8 Å². The summed E-state index contributed by atoms with van der Waals surface area (Å²) in [6.45, 7) is 7.71. The summed E-state index contributed by atoms with van der Waals surface area (Å²) in [5.41, 5.74) is 1.83. The molecule has 2 heterocycles. The maximum absolute atomic E-state index is 12.8. The second-order valence-corrected chi connectivity index (χ2v) is 10.9. The quantitative estimate of drug-likeness (QED) is 0.505. The van der Waals surface area contributed by atoms with Gasteiger partial charge in [-0.05, 0) is 44.4 Å². The van der Waals surface area contributed by atoms with Gasteiger partial charge in [0, 0.05) is 12.6 Å². The largest absolute Gasteiger partial charge is 0.489 e. The van der Waals surface area contributed by atoms with Gasteiger partial charge >= 0.3 is 5.97 Å². The van der Waals surface area contributed by atoms with Gasteiger partial charge in [0.25, 0.3) is 5.91 Å². The normalized spacial score (nSPS) is 17.2. The fourth-order valence-electron chi connectivity index (χ4n) is 3.74. The van der Waals surface area contributed by atoms with Crippen LogP contribution >= 0.6 is 0 Å². The summed E-state index contributed by atoms with van der Waals surface area (Å²) < 4.78 is 39.8. The Morgan fingerprint density at radius 3 is 2.64 bits per heavy atom.